The zero-order chi connectivity index (χ0) is 14.5. The molecule has 2 aromatic rings. The van der Waals surface area contributed by atoms with E-state index in [1.54, 1.807) is 13.3 Å². The van der Waals surface area contributed by atoms with Gasteiger partial charge < -0.3 is 15.0 Å². The lowest BCUT2D eigenvalue weighted by atomic mass is 10.0. The topological polar surface area (TPSA) is 37.4 Å². The Hall–Kier alpha value is -2.07. The van der Waals surface area contributed by atoms with Crippen LogP contribution in [-0.2, 0) is 0 Å². The van der Waals surface area contributed by atoms with Gasteiger partial charge in [-0.05, 0) is 38.1 Å². The van der Waals surface area contributed by atoms with Crippen molar-refractivity contribution < 1.29 is 4.74 Å². The van der Waals surface area contributed by atoms with Gasteiger partial charge in [0.1, 0.15) is 11.4 Å². The van der Waals surface area contributed by atoms with Crippen LogP contribution in [0.3, 0.4) is 0 Å². The van der Waals surface area contributed by atoms with Crippen molar-refractivity contribution in [2.75, 3.05) is 25.1 Å². The van der Waals surface area contributed by atoms with Crippen molar-refractivity contribution in [2.24, 2.45) is 0 Å². The molecule has 3 rings (SSSR count). The Morgan fingerprint density at radius 2 is 1.90 bits per heavy atom. The number of hydrogen-bond acceptors (Lipinski definition) is 4. The first-order chi connectivity index (χ1) is 10.4. The molecule has 110 valence electrons. The Balaban J connectivity index is 2.03. The van der Waals surface area contributed by atoms with Crippen LogP contribution in [0.1, 0.15) is 12.8 Å². The summed E-state index contributed by atoms with van der Waals surface area (Å²) in [5.41, 5.74) is 2.23. The van der Waals surface area contributed by atoms with E-state index in [1.165, 1.54) is 5.69 Å². The highest BCUT2D eigenvalue weighted by Crippen LogP contribution is 2.36. The average molecular weight is 283 g/mol. The molecular formula is C17H21N3O. The van der Waals surface area contributed by atoms with Crippen molar-refractivity contribution in [3.05, 3.63) is 48.8 Å². The number of methoxy groups -OCH3 is 1. The van der Waals surface area contributed by atoms with Crippen molar-refractivity contribution in [3.63, 3.8) is 0 Å². The number of ether oxygens (including phenoxy) is 1. The van der Waals surface area contributed by atoms with Crippen molar-refractivity contribution >= 4 is 11.4 Å². The fourth-order valence-electron chi connectivity index (χ4n) is 2.93. The van der Waals surface area contributed by atoms with Crippen molar-refractivity contribution in [1.82, 2.24) is 10.3 Å². The molecule has 1 fully saturated rings. The Morgan fingerprint density at radius 3 is 2.62 bits per heavy atom. The molecule has 1 aromatic carbocycles. The molecule has 0 saturated carbocycles. The van der Waals surface area contributed by atoms with Gasteiger partial charge >= 0.3 is 0 Å². The van der Waals surface area contributed by atoms with Crippen LogP contribution in [0.4, 0.5) is 11.4 Å². The summed E-state index contributed by atoms with van der Waals surface area (Å²) in [6, 6.07) is 12.9. The van der Waals surface area contributed by atoms with E-state index < -0.39 is 0 Å². The lowest BCUT2D eigenvalue weighted by Crippen LogP contribution is -2.41. The highest BCUT2D eigenvalue weighted by Gasteiger charge is 2.25. The number of aromatic nitrogens is 1. The van der Waals surface area contributed by atoms with Gasteiger partial charge in [-0.15, -0.1) is 0 Å². The molecule has 0 bridgehead atoms. The van der Waals surface area contributed by atoms with E-state index >= 15 is 0 Å². The Bertz CT molecular complexity index is 567. The van der Waals surface area contributed by atoms with Gasteiger partial charge in [-0.1, -0.05) is 18.2 Å². The first kappa shape index (κ1) is 13.9. The monoisotopic (exact) mass is 283 g/mol. The SMILES string of the molecule is COc1ccncc1N(c1ccccc1)C1CCNCC1. The van der Waals surface area contributed by atoms with Crippen LogP contribution in [0.5, 0.6) is 5.75 Å². The van der Waals surface area contributed by atoms with Crippen molar-refractivity contribution in [3.8, 4) is 5.75 Å². The summed E-state index contributed by atoms with van der Waals surface area (Å²) in [6.07, 6.45) is 5.90. The van der Waals surface area contributed by atoms with E-state index in [0.29, 0.717) is 6.04 Å². The minimum absolute atomic E-state index is 0.465. The number of pyridine rings is 1. The van der Waals surface area contributed by atoms with Crippen LogP contribution >= 0.6 is 0 Å². The molecule has 0 amide bonds. The minimum Gasteiger partial charge on any atom is -0.494 e. The van der Waals surface area contributed by atoms with Gasteiger partial charge in [-0.2, -0.15) is 0 Å². The van der Waals surface area contributed by atoms with E-state index in [4.69, 9.17) is 4.74 Å². The third kappa shape index (κ3) is 3.00. The number of anilines is 2. The molecule has 0 atom stereocenters. The smallest absolute Gasteiger partial charge is 0.145 e. The number of para-hydroxylation sites is 1. The summed E-state index contributed by atoms with van der Waals surface area (Å²) < 4.78 is 5.54. The molecule has 0 radical (unpaired) electrons. The Labute approximate surface area is 125 Å². The number of piperidine rings is 1. The van der Waals surface area contributed by atoms with Gasteiger partial charge in [0.15, 0.2) is 0 Å². The minimum atomic E-state index is 0.465. The quantitative estimate of drug-likeness (QED) is 0.936. The summed E-state index contributed by atoms with van der Waals surface area (Å²) >= 11 is 0. The van der Waals surface area contributed by atoms with Crippen LogP contribution in [0.2, 0.25) is 0 Å². The van der Waals surface area contributed by atoms with Crippen LogP contribution < -0.4 is 15.0 Å². The van der Waals surface area contributed by atoms with Gasteiger partial charge in [-0.3, -0.25) is 4.98 Å². The highest BCUT2D eigenvalue weighted by molar-refractivity contribution is 5.69. The molecule has 1 saturated heterocycles. The third-order valence-corrected chi connectivity index (χ3v) is 3.95. The van der Waals surface area contributed by atoms with E-state index in [-0.39, 0.29) is 0 Å². The predicted molar refractivity (Wildman–Crippen MR) is 85.3 cm³/mol. The van der Waals surface area contributed by atoms with Crippen LogP contribution in [0.25, 0.3) is 0 Å². The van der Waals surface area contributed by atoms with E-state index in [2.05, 4.69) is 39.5 Å². The molecule has 1 aliphatic heterocycles. The third-order valence-electron chi connectivity index (χ3n) is 3.95. The molecule has 1 aromatic heterocycles. The number of nitrogens with zero attached hydrogens (tertiary/aromatic N) is 2. The molecular weight excluding hydrogens is 262 g/mol. The van der Waals surface area contributed by atoms with Crippen molar-refractivity contribution in [1.29, 1.82) is 0 Å². The average Bonchev–Trinajstić information content (AvgIpc) is 2.58. The second-order valence-electron chi connectivity index (χ2n) is 5.23. The Kier molecular flexibility index (Phi) is 4.36. The van der Waals surface area contributed by atoms with E-state index in [9.17, 15) is 0 Å². The number of benzene rings is 1. The lowest BCUT2D eigenvalue weighted by molar-refractivity contribution is 0.408. The van der Waals surface area contributed by atoms with Gasteiger partial charge in [0, 0.05) is 24.0 Å². The molecule has 4 heteroatoms. The maximum absolute atomic E-state index is 5.54. The predicted octanol–water partition coefficient (Wildman–Crippen LogP) is 2.98. The summed E-state index contributed by atoms with van der Waals surface area (Å²) in [5.74, 6) is 0.868. The van der Waals surface area contributed by atoms with Crippen molar-refractivity contribution in [2.45, 2.75) is 18.9 Å². The maximum atomic E-state index is 5.54. The summed E-state index contributed by atoms with van der Waals surface area (Å²) in [7, 11) is 1.71. The second-order valence-corrected chi connectivity index (χ2v) is 5.23. The number of rotatable bonds is 4. The normalized spacial score (nSPS) is 15.7. The first-order valence-corrected chi connectivity index (χ1v) is 7.43. The largest absolute Gasteiger partial charge is 0.494 e. The first-order valence-electron chi connectivity index (χ1n) is 7.43. The van der Waals surface area contributed by atoms with E-state index in [1.807, 2.05) is 18.3 Å². The molecule has 1 N–H and O–H groups in total. The zero-order valence-corrected chi connectivity index (χ0v) is 12.3. The van der Waals surface area contributed by atoms with Crippen LogP contribution in [-0.4, -0.2) is 31.2 Å². The fraction of sp³-hybridized carbons (Fsp3) is 0.353. The van der Waals surface area contributed by atoms with Gasteiger partial charge in [-0.25, -0.2) is 0 Å². The Morgan fingerprint density at radius 1 is 1.14 bits per heavy atom. The molecule has 0 aliphatic carbocycles. The maximum Gasteiger partial charge on any atom is 0.145 e. The van der Waals surface area contributed by atoms with Gasteiger partial charge in [0.2, 0.25) is 0 Å². The zero-order valence-electron chi connectivity index (χ0n) is 12.3. The second kappa shape index (κ2) is 6.59. The molecule has 1 aliphatic rings. The standard InChI is InChI=1S/C17H21N3O/c1-21-17-9-12-19-13-16(17)20(14-5-3-2-4-6-14)15-7-10-18-11-8-15/h2-6,9,12-13,15,18H,7-8,10-11H2,1H3. The molecule has 4 nitrogen and oxygen atoms in total. The molecule has 21 heavy (non-hydrogen) atoms. The van der Waals surface area contributed by atoms with Gasteiger partial charge in [0.05, 0.1) is 13.3 Å². The van der Waals surface area contributed by atoms with Crippen LogP contribution in [0.15, 0.2) is 48.8 Å². The lowest BCUT2D eigenvalue weighted by Gasteiger charge is -2.36. The van der Waals surface area contributed by atoms with E-state index in [0.717, 1.165) is 37.4 Å². The molecule has 0 spiro atoms. The number of hydrogen-bond donors (Lipinski definition) is 1. The molecule has 2 heterocycles. The molecule has 0 unspecified atom stereocenters. The van der Waals surface area contributed by atoms with Crippen LogP contribution in [0, 0.1) is 0 Å². The summed E-state index contributed by atoms with van der Waals surface area (Å²) in [4.78, 5) is 6.66. The fourth-order valence-corrected chi connectivity index (χ4v) is 2.93. The summed E-state index contributed by atoms with van der Waals surface area (Å²) in [5, 5.41) is 3.43. The number of nitrogens with one attached hydrogen (secondary N) is 1. The highest BCUT2D eigenvalue weighted by atomic mass is 16.5. The summed E-state index contributed by atoms with van der Waals surface area (Å²) in [6.45, 7) is 2.10. The van der Waals surface area contributed by atoms with Gasteiger partial charge in [0.25, 0.3) is 0 Å².